The minimum Gasteiger partial charge on any atom is -0.497 e. The number of nitrogens with one attached hydrogen (secondary N) is 1. The zero-order valence-electron chi connectivity index (χ0n) is 14.2. The topological polar surface area (TPSA) is 125 Å². The molecule has 0 atom stereocenters. The predicted octanol–water partition coefficient (Wildman–Crippen LogP) is 1.45. The van der Waals surface area contributed by atoms with E-state index >= 15 is 0 Å². The number of hydrogen-bond donors (Lipinski definition) is 2. The van der Waals surface area contributed by atoms with Gasteiger partial charge in [0, 0.05) is 5.69 Å². The second-order valence-corrected chi connectivity index (χ2v) is 6.94. The molecule has 2 aromatic carbocycles. The van der Waals surface area contributed by atoms with E-state index in [1.807, 2.05) is 0 Å². The summed E-state index contributed by atoms with van der Waals surface area (Å²) >= 11 is 0. The van der Waals surface area contributed by atoms with Crippen LogP contribution in [0.2, 0.25) is 0 Å². The first-order valence-electron chi connectivity index (χ1n) is 7.45. The Labute approximate surface area is 151 Å². The second-order valence-electron chi connectivity index (χ2n) is 5.37. The first kappa shape index (κ1) is 19.4. The molecule has 3 N–H and O–H groups in total. The van der Waals surface area contributed by atoms with Crippen LogP contribution in [0.4, 0.5) is 5.69 Å². The van der Waals surface area contributed by atoms with Gasteiger partial charge >= 0.3 is 5.97 Å². The van der Waals surface area contributed by atoms with Crippen LogP contribution in [0, 0.1) is 6.92 Å². The number of anilines is 1. The fraction of sp³-hybridized carbons (Fsp3) is 0.176. The fourth-order valence-electron chi connectivity index (χ4n) is 2.08. The van der Waals surface area contributed by atoms with Crippen molar-refractivity contribution in [2.45, 2.75) is 11.8 Å². The molecule has 0 saturated heterocycles. The maximum absolute atomic E-state index is 12.1. The van der Waals surface area contributed by atoms with Crippen molar-refractivity contribution in [3.8, 4) is 5.75 Å². The Hall–Kier alpha value is -2.91. The third-order valence-electron chi connectivity index (χ3n) is 3.47. The molecule has 0 saturated carbocycles. The van der Waals surface area contributed by atoms with E-state index in [1.54, 1.807) is 31.2 Å². The Balaban J connectivity index is 2.00. The maximum Gasteiger partial charge on any atom is 0.338 e. The third-order valence-corrected chi connectivity index (χ3v) is 4.38. The lowest BCUT2D eigenvalue weighted by molar-refractivity contribution is -0.119. The van der Waals surface area contributed by atoms with Gasteiger partial charge in [0.25, 0.3) is 5.91 Å². The summed E-state index contributed by atoms with van der Waals surface area (Å²) in [4.78, 5) is 23.8. The number of carbonyl (C=O) groups excluding carboxylic acids is 2. The molecule has 0 radical (unpaired) electrons. The van der Waals surface area contributed by atoms with E-state index in [9.17, 15) is 18.0 Å². The van der Waals surface area contributed by atoms with Crippen molar-refractivity contribution in [2.24, 2.45) is 5.14 Å². The van der Waals surface area contributed by atoms with Gasteiger partial charge in [0.1, 0.15) is 5.75 Å². The van der Waals surface area contributed by atoms with Gasteiger partial charge in [0.05, 0.1) is 17.6 Å². The van der Waals surface area contributed by atoms with E-state index in [-0.39, 0.29) is 10.5 Å². The van der Waals surface area contributed by atoms with E-state index in [0.717, 1.165) is 6.07 Å². The molecule has 2 aromatic rings. The van der Waals surface area contributed by atoms with Crippen molar-refractivity contribution >= 4 is 27.6 Å². The van der Waals surface area contributed by atoms with Crippen molar-refractivity contribution in [3.63, 3.8) is 0 Å². The zero-order chi connectivity index (χ0) is 19.3. The Morgan fingerprint density at radius 3 is 2.35 bits per heavy atom. The number of amides is 1. The van der Waals surface area contributed by atoms with Gasteiger partial charge in [0.15, 0.2) is 6.61 Å². The molecule has 0 spiro atoms. The molecule has 0 unspecified atom stereocenters. The molecule has 2 rings (SSSR count). The number of carbonyl (C=O) groups is 2. The van der Waals surface area contributed by atoms with Crippen molar-refractivity contribution < 1.29 is 27.5 Å². The number of hydrogen-bond acceptors (Lipinski definition) is 6. The van der Waals surface area contributed by atoms with Crippen molar-refractivity contribution in [1.29, 1.82) is 0 Å². The van der Waals surface area contributed by atoms with Crippen LogP contribution in [0.3, 0.4) is 0 Å². The van der Waals surface area contributed by atoms with Crippen LogP contribution in [0.15, 0.2) is 47.4 Å². The van der Waals surface area contributed by atoms with Gasteiger partial charge in [-0.05, 0) is 48.9 Å². The predicted molar refractivity (Wildman–Crippen MR) is 94.5 cm³/mol. The van der Waals surface area contributed by atoms with Crippen LogP contribution >= 0.6 is 0 Å². The summed E-state index contributed by atoms with van der Waals surface area (Å²) in [6, 6.07) is 10.5. The van der Waals surface area contributed by atoms with E-state index in [1.165, 1.54) is 19.2 Å². The number of sulfonamides is 1. The Kier molecular flexibility index (Phi) is 5.96. The molecule has 26 heavy (non-hydrogen) atoms. The molecule has 0 aliphatic carbocycles. The van der Waals surface area contributed by atoms with Crippen molar-refractivity contribution in [3.05, 3.63) is 53.6 Å². The lowest BCUT2D eigenvalue weighted by Crippen LogP contribution is -2.21. The number of methoxy groups -OCH3 is 1. The number of aryl methyl sites for hydroxylation is 1. The van der Waals surface area contributed by atoms with Gasteiger partial charge in [-0.15, -0.1) is 0 Å². The largest absolute Gasteiger partial charge is 0.497 e. The molecular weight excluding hydrogens is 360 g/mol. The minimum absolute atomic E-state index is 0.0220. The average Bonchev–Trinajstić information content (AvgIpc) is 2.59. The Bertz CT molecular complexity index is 923. The van der Waals surface area contributed by atoms with Gasteiger partial charge < -0.3 is 14.8 Å². The highest BCUT2D eigenvalue weighted by Gasteiger charge is 2.17. The summed E-state index contributed by atoms with van der Waals surface area (Å²) < 4.78 is 32.7. The molecule has 0 aliphatic rings. The quantitative estimate of drug-likeness (QED) is 0.733. The first-order valence-corrected chi connectivity index (χ1v) is 9.00. The summed E-state index contributed by atoms with van der Waals surface area (Å²) in [5.74, 6) is -0.721. The Morgan fingerprint density at radius 1 is 1.12 bits per heavy atom. The molecule has 0 aromatic heterocycles. The highest BCUT2D eigenvalue weighted by Crippen LogP contribution is 2.16. The number of primary sulfonamides is 1. The van der Waals surface area contributed by atoms with Crippen LogP contribution in [0.25, 0.3) is 0 Å². The number of rotatable bonds is 6. The Morgan fingerprint density at radius 2 is 1.77 bits per heavy atom. The maximum atomic E-state index is 12.1. The number of esters is 1. The monoisotopic (exact) mass is 378 g/mol. The minimum atomic E-state index is -3.95. The van der Waals surface area contributed by atoms with E-state index in [2.05, 4.69) is 5.32 Å². The summed E-state index contributed by atoms with van der Waals surface area (Å²) in [7, 11) is -2.42. The zero-order valence-corrected chi connectivity index (χ0v) is 15.0. The van der Waals surface area contributed by atoms with Crippen molar-refractivity contribution in [1.82, 2.24) is 0 Å². The van der Waals surface area contributed by atoms with Crippen LogP contribution in [-0.4, -0.2) is 34.0 Å². The molecule has 0 fully saturated rings. The summed E-state index contributed by atoms with van der Waals surface area (Å²) in [6.07, 6.45) is 0. The van der Waals surface area contributed by atoms with Gasteiger partial charge in [0.2, 0.25) is 10.0 Å². The van der Waals surface area contributed by atoms with Gasteiger partial charge in [-0.1, -0.05) is 6.07 Å². The van der Waals surface area contributed by atoms with Crippen molar-refractivity contribution in [2.75, 3.05) is 19.0 Å². The third kappa shape index (κ3) is 5.04. The summed E-state index contributed by atoms with van der Waals surface area (Å²) in [5, 5.41) is 7.61. The highest BCUT2D eigenvalue weighted by atomic mass is 32.2. The van der Waals surface area contributed by atoms with E-state index in [0.29, 0.717) is 17.0 Å². The normalized spacial score (nSPS) is 10.9. The molecule has 0 bridgehead atoms. The highest BCUT2D eigenvalue weighted by molar-refractivity contribution is 7.89. The van der Waals surface area contributed by atoms with Gasteiger partial charge in [-0.3, -0.25) is 4.79 Å². The number of ether oxygens (including phenoxy) is 2. The standard InChI is InChI=1S/C17H18N2O6S/c1-11-3-8-14(26(18,22)23)9-15(11)17(21)25-10-16(20)19-12-4-6-13(24-2)7-5-12/h3-9H,10H2,1-2H3,(H,19,20)(H2,18,22,23). The number of benzene rings is 2. The van der Waals surface area contributed by atoms with Crippen LogP contribution in [0.1, 0.15) is 15.9 Å². The summed E-state index contributed by atoms with van der Waals surface area (Å²) in [5.41, 5.74) is 1.03. The molecule has 0 aliphatic heterocycles. The van der Waals surface area contributed by atoms with E-state index in [4.69, 9.17) is 14.6 Å². The lowest BCUT2D eigenvalue weighted by Gasteiger charge is -2.09. The molecule has 8 nitrogen and oxygen atoms in total. The van der Waals surface area contributed by atoms with Crippen LogP contribution in [0.5, 0.6) is 5.75 Å². The van der Waals surface area contributed by atoms with Gasteiger partial charge in [-0.25, -0.2) is 18.4 Å². The van der Waals surface area contributed by atoms with Crippen LogP contribution in [-0.2, 0) is 19.6 Å². The summed E-state index contributed by atoms with van der Waals surface area (Å²) in [6.45, 7) is 1.09. The fourth-order valence-corrected chi connectivity index (χ4v) is 2.62. The molecule has 9 heteroatoms. The SMILES string of the molecule is COc1ccc(NC(=O)COC(=O)c2cc(S(N)(=O)=O)ccc2C)cc1. The van der Waals surface area contributed by atoms with Crippen LogP contribution < -0.4 is 15.2 Å². The van der Waals surface area contributed by atoms with Gasteiger partial charge in [-0.2, -0.15) is 0 Å². The second kappa shape index (κ2) is 7.98. The molecular formula is C17H18N2O6S. The molecule has 138 valence electrons. The molecule has 1 amide bonds. The smallest absolute Gasteiger partial charge is 0.338 e. The molecule has 0 heterocycles. The number of nitrogens with two attached hydrogens (primary N) is 1. The average molecular weight is 378 g/mol. The first-order chi connectivity index (χ1) is 12.2. The van der Waals surface area contributed by atoms with E-state index < -0.39 is 28.5 Å². The lowest BCUT2D eigenvalue weighted by atomic mass is 10.1.